The lowest BCUT2D eigenvalue weighted by Gasteiger charge is -2.14. The number of fused-ring (bicyclic) bond motifs is 1. The molecule has 0 bridgehead atoms. The molecule has 6 heteroatoms. The number of nitrogens with one attached hydrogen (secondary N) is 2. The highest BCUT2D eigenvalue weighted by Gasteiger charge is 2.21. The molecule has 1 aliphatic rings. The number of benzene rings is 1. The largest absolute Gasteiger partial charge is 0.309 e. The molecule has 0 fully saturated rings. The van der Waals surface area contributed by atoms with Gasteiger partial charge in [0.15, 0.2) is 0 Å². The van der Waals surface area contributed by atoms with Crippen LogP contribution in [0.4, 0.5) is 0 Å². The molecule has 2 aromatic rings. The summed E-state index contributed by atoms with van der Waals surface area (Å²) in [6.07, 6.45) is 5.05. The normalized spacial score (nSPS) is 17.4. The minimum absolute atomic E-state index is 0.196. The molecule has 1 atom stereocenters. The molecule has 1 aliphatic carbocycles. The minimum atomic E-state index is -3.47. The maximum absolute atomic E-state index is 12.0. The first-order valence-corrected chi connectivity index (χ1v) is 8.86. The lowest BCUT2D eigenvalue weighted by molar-refractivity contribution is 0.525. The predicted octanol–water partition coefficient (Wildman–Crippen LogP) is 1.64. The zero-order chi connectivity index (χ0) is 15.4. The van der Waals surface area contributed by atoms with Crippen molar-refractivity contribution in [1.82, 2.24) is 15.0 Å². The third kappa shape index (κ3) is 3.35. The number of sulfonamides is 1. The van der Waals surface area contributed by atoms with Gasteiger partial charge < -0.3 is 5.32 Å². The second-order valence-corrected chi connectivity index (χ2v) is 7.10. The van der Waals surface area contributed by atoms with E-state index in [1.807, 2.05) is 6.07 Å². The van der Waals surface area contributed by atoms with Gasteiger partial charge in [0.2, 0.25) is 10.0 Å². The maximum Gasteiger partial charge on any atom is 0.242 e. The van der Waals surface area contributed by atoms with Crippen LogP contribution >= 0.6 is 0 Å². The number of aromatic nitrogens is 1. The van der Waals surface area contributed by atoms with E-state index in [2.05, 4.69) is 33.2 Å². The molecule has 0 radical (unpaired) electrons. The SMILES string of the molecule is O=S(=O)(NCCNC1CCc2ccccc21)c1cccnc1. The highest BCUT2D eigenvalue weighted by Crippen LogP contribution is 2.30. The van der Waals surface area contributed by atoms with Gasteiger partial charge in [0, 0.05) is 31.5 Å². The van der Waals surface area contributed by atoms with E-state index in [-0.39, 0.29) is 4.90 Å². The van der Waals surface area contributed by atoms with Crippen LogP contribution in [0.25, 0.3) is 0 Å². The Morgan fingerprint density at radius 2 is 2.00 bits per heavy atom. The Kier molecular flexibility index (Phi) is 4.52. The maximum atomic E-state index is 12.0. The minimum Gasteiger partial charge on any atom is -0.309 e. The quantitative estimate of drug-likeness (QED) is 0.795. The summed E-state index contributed by atoms with van der Waals surface area (Å²) in [6.45, 7) is 0.953. The summed E-state index contributed by atoms with van der Waals surface area (Å²) in [4.78, 5) is 4.03. The molecule has 2 N–H and O–H groups in total. The average Bonchev–Trinajstić information content (AvgIpc) is 2.96. The van der Waals surface area contributed by atoms with E-state index in [0.717, 1.165) is 12.8 Å². The van der Waals surface area contributed by atoms with Gasteiger partial charge in [-0.2, -0.15) is 0 Å². The lowest BCUT2D eigenvalue weighted by atomic mass is 10.1. The molecule has 0 aliphatic heterocycles. The number of aryl methyl sites for hydroxylation is 1. The van der Waals surface area contributed by atoms with E-state index in [1.165, 1.54) is 23.4 Å². The number of pyridine rings is 1. The Morgan fingerprint density at radius 3 is 2.82 bits per heavy atom. The van der Waals surface area contributed by atoms with Gasteiger partial charge in [-0.3, -0.25) is 4.98 Å². The van der Waals surface area contributed by atoms with Gasteiger partial charge in [-0.1, -0.05) is 24.3 Å². The van der Waals surface area contributed by atoms with Crippen LogP contribution in [0.2, 0.25) is 0 Å². The predicted molar refractivity (Wildman–Crippen MR) is 84.9 cm³/mol. The molecule has 0 amide bonds. The summed E-state index contributed by atoms with van der Waals surface area (Å²) in [5, 5.41) is 3.42. The van der Waals surface area contributed by atoms with E-state index in [4.69, 9.17) is 0 Å². The van der Waals surface area contributed by atoms with Gasteiger partial charge in [0.05, 0.1) is 0 Å². The molecule has 1 aromatic carbocycles. The summed E-state index contributed by atoms with van der Waals surface area (Å²) in [6, 6.07) is 11.9. The second kappa shape index (κ2) is 6.56. The van der Waals surface area contributed by atoms with Crippen molar-refractivity contribution in [2.24, 2.45) is 0 Å². The smallest absolute Gasteiger partial charge is 0.242 e. The Balaban J connectivity index is 1.51. The molecule has 1 aromatic heterocycles. The third-order valence-electron chi connectivity index (χ3n) is 3.89. The molecule has 1 heterocycles. The van der Waals surface area contributed by atoms with Crippen LogP contribution < -0.4 is 10.0 Å². The average molecular weight is 317 g/mol. The molecular formula is C16H19N3O2S. The zero-order valence-corrected chi connectivity index (χ0v) is 13.0. The molecule has 5 nitrogen and oxygen atoms in total. The first-order chi connectivity index (χ1) is 10.7. The van der Waals surface area contributed by atoms with Crippen molar-refractivity contribution in [3.63, 3.8) is 0 Å². The topological polar surface area (TPSA) is 71.1 Å². The van der Waals surface area contributed by atoms with Gasteiger partial charge in [-0.15, -0.1) is 0 Å². The van der Waals surface area contributed by atoms with Crippen LogP contribution in [0, 0.1) is 0 Å². The first kappa shape index (κ1) is 15.1. The van der Waals surface area contributed by atoms with Gasteiger partial charge in [0.25, 0.3) is 0 Å². The highest BCUT2D eigenvalue weighted by atomic mass is 32.2. The lowest BCUT2D eigenvalue weighted by Crippen LogP contribution is -2.33. The summed E-state index contributed by atoms with van der Waals surface area (Å²) in [5.41, 5.74) is 2.72. The van der Waals surface area contributed by atoms with Gasteiger partial charge in [0.1, 0.15) is 4.90 Å². The standard InChI is InChI=1S/C16H19N3O2S/c20-22(21,14-5-3-9-17-12-14)19-11-10-18-16-8-7-13-4-1-2-6-15(13)16/h1-6,9,12,16,18-19H,7-8,10-11H2. The molecule has 3 rings (SSSR count). The number of hydrogen-bond acceptors (Lipinski definition) is 4. The Labute approximate surface area is 130 Å². The van der Waals surface area contributed by atoms with Crippen LogP contribution in [0.3, 0.4) is 0 Å². The number of nitrogens with zero attached hydrogens (tertiary/aromatic N) is 1. The Hall–Kier alpha value is -1.76. The number of rotatable bonds is 6. The molecule has 1 unspecified atom stereocenters. The van der Waals surface area contributed by atoms with E-state index in [0.29, 0.717) is 19.1 Å². The van der Waals surface area contributed by atoms with Gasteiger partial charge >= 0.3 is 0 Å². The van der Waals surface area contributed by atoms with E-state index in [9.17, 15) is 8.42 Å². The van der Waals surface area contributed by atoms with Crippen molar-refractivity contribution in [2.75, 3.05) is 13.1 Å². The first-order valence-electron chi connectivity index (χ1n) is 7.38. The summed E-state index contributed by atoms with van der Waals surface area (Å²) >= 11 is 0. The fraction of sp³-hybridized carbons (Fsp3) is 0.312. The molecule has 0 saturated carbocycles. The second-order valence-electron chi connectivity index (χ2n) is 5.33. The van der Waals surface area contributed by atoms with Crippen molar-refractivity contribution in [3.05, 3.63) is 59.9 Å². The summed E-state index contributed by atoms with van der Waals surface area (Å²) in [7, 11) is -3.47. The monoisotopic (exact) mass is 317 g/mol. The van der Waals surface area contributed by atoms with Crippen molar-refractivity contribution in [1.29, 1.82) is 0 Å². The van der Waals surface area contributed by atoms with Crippen LogP contribution in [-0.2, 0) is 16.4 Å². The summed E-state index contributed by atoms with van der Waals surface area (Å²) in [5.74, 6) is 0. The highest BCUT2D eigenvalue weighted by molar-refractivity contribution is 7.89. The van der Waals surface area contributed by atoms with Crippen LogP contribution in [0.1, 0.15) is 23.6 Å². The van der Waals surface area contributed by atoms with E-state index in [1.54, 1.807) is 12.3 Å². The van der Waals surface area contributed by atoms with Gasteiger partial charge in [-0.25, -0.2) is 13.1 Å². The third-order valence-corrected chi connectivity index (χ3v) is 5.33. The molecule has 22 heavy (non-hydrogen) atoms. The van der Waals surface area contributed by atoms with Crippen LogP contribution in [-0.4, -0.2) is 26.5 Å². The van der Waals surface area contributed by atoms with Crippen molar-refractivity contribution in [2.45, 2.75) is 23.8 Å². The van der Waals surface area contributed by atoms with Crippen LogP contribution in [0.5, 0.6) is 0 Å². The Morgan fingerprint density at radius 1 is 1.14 bits per heavy atom. The van der Waals surface area contributed by atoms with Crippen molar-refractivity contribution in [3.8, 4) is 0 Å². The fourth-order valence-electron chi connectivity index (χ4n) is 2.79. The molecule has 0 spiro atoms. The van der Waals surface area contributed by atoms with E-state index >= 15 is 0 Å². The van der Waals surface area contributed by atoms with Crippen molar-refractivity contribution < 1.29 is 8.42 Å². The molecule has 0 saturated heterocycles. The zero-order valence-electron chi connectivity index (χ0n) is 12.2. The molecular weight excluding hydrogens is 298 g/mol. The van der Waals surface area contributed by atoms with Gasteiger partial charge in [-0.05, 0) is 36.1 Å². The van der Waals surface area contributed by atoms with Crippen LogP contribution in [0.15, 0.2) is 53.7 Å². The molecule has 116 valence electrons. The summed E-state index contributed by atoms with van der Waals surface area (Å²) < 4.78 is 26.7. The Bertz CT molecular complexity index is 732. The van der Waals surface area contributed by atoms with E-state index < -0.39 is 10.0 Å². The number of hydrogen-bond donors (Lipinski definition) is 2. The van der Waals surface area contributed by atoms with Crippen molar-refractivity contribution >= 4 is 10.0 Å². The fourth-order valence-corrected chi connectivity index (χ4v) is 3.79.